The van der Waals surface area contributed by atoms with Crippen LogP contribution in [-0.2, 0) is 36.0 Å². The van der Waals surface area contributed by atoms with Gasteiger partial charge in [-0.1, -0.05) is 34.8 Å². The molecule has 2 aliphatic carbocycles. The average molecular weight is 485 g/mol. The third kappa shape index (κ3) is 3.93. The molecular formula is C24H29BrN4O2. The van der Waals surface area contributed by atoms with Crippen molar-refractivity contribution < 1.29 is 9.59 Å². The summed E-state index contributed by atoms with van der Waals surface area (Å²) >= 11 is 3.48. The van der Waals surface area contributed by atoms with E-state index in [4.69, 9.17) is 5.10 Å². The molecule has 1 unspecified atom stereocenters. The largest absolute Gasteiger partial charge is 0.333 e. The zero-order valence-corrected chi connectivity index (χ0v) is 19.6. The van der Waals surface area contributed by atoms with Crippen molar-refractivity contribution in [1.29, 1.82) is 0 Å². The number of aryl methyl sites for hydroxylation is 1. The van der Waals surface area contributed by atoms with Gasteiger partial charge in [-0.15, -0.1) is 0 Å². The molecule has 1 aromatic heterocycles. The van der Waals surface area contributed by atoms with Gasteiger partial charge < -0.3 is 9.80 Å². The zero-order valence-electron chi connectivity index (χ0n) is 18.0. The van der Waals surface area contributed by atoms with Crippen LogP contribution in [0.4, 0.5) is 5.69 Å². The summed E-state index contributed by atoms with van der Waals surface area (Å²) in [6.07, 6.45) is 8.04. The first-order valence-corrected chi connectivity index (χ1v) is 12.2. The van der Waals surface area contributed by atoms with E-state index in [2.05, 4.69) is 20.8 Å². The molecular weight excluding hydrogens is 456 g/mol. The molecule has 1 atom stereocenters. The van der Waals surface area contributed by atoms with Crippen LogP contribution in [0, 0.1) is 5.92 Å². The number of hydrogen-bond donors (Lipinski definition) is 0. The first-order valence-electron chi connectivity index (χ1n) is 11.4. The van der Waals surface area contributed by atoms with Gasteiger partial charge in [0.05, 0.1) is 18.2 Å². The van der Waals surface area contributed by atoms with Crippen LogP contribution in [-0.4, -0.2) is 39.1 Å². The van der Waals surface area contributed by atoms with Gasteiger partial charge in [0.2, 0.25) is 11.8 Å². The molecule has 3 aliphatic rings. The Morgan fingerprint density at radius 1 is 1.23 bits per heavy atom. The Bertz CT molecular complexity index is 1010. The smallest absolute Gasteiger partial charge is 0.228 e. The Morgan fingerprint density at radius 3 is 2.81 bits per heavy atom. The van der Waals surface area contributed by atoms with E-state index in [9.17, 15) is 9.59 Å². The molecule has 164 valence electrons. The molecule has 0 spiro atoms. The molecule has 1 saturated heterocycles. The van der Waals surface area contributed by atoms with Crippen LogP contribution in [0.5, 0.6) is 0 Å². The Balaban J connectivity index is 1.38. The molecule has 7 heteroatoms. The lowest BCUT2D eigenvalue weighted by atomic mass is 10.0. The Labute approximate surface area is 191 Å². The second-order valence-corrected chi connectivity index (χ2v) is 10.1. The predicted octanol–water partition coefficient (Wildman–Crippen LogP) is 4.00. The van der Waals surface area contributed by atoms with Crippen molar-refractivity contribution >= 4 is 33.4 Å². The van der Waals surface area contributed by atoms with Crippen molar-refractivity contribution in [2.75, 3.05) is 11.4 Å². The number of benzene rings is 1. The predicted molar refractivity (Wildman–Crippen MR) is 123 cm³/mol. The van der Waals surface area contributed by atoms with Gasteiger partial charge in [-0.2, -0.15) is 5.10 Å². The molecule has 2 aromatic rings. The molecule has 1 aliphatic heterocycles. The number of aromatic nitrogens is 2. The van der Waals surface area contributed by atoms with Gasteiger partial charge in [0.15, 0.2) is 0 Å². The number of rotatable bonds is 5. The van der Waals surface area contributed by atoms with E-state index in [1.165, 1.54) is 30.5 Å². The Hall–Kier alpha value is -2.15. The van der Waals surface area contributed by atoms with E-state index in [1.807, 2.05) is 36.0 Å². The lowest BCUT2D eigenvalue weighted by Gasteiger charge is -2.31. The van der Waals surface area contributed by atoms with Crippen LogP contribution in [0.2, 0.25) is 0 Å². The fraction of sp³-hybridized carbons (Fsp3) is 0.542. The first kappa shape index (κ1) is 20.7. The van der Waals surface area contributed by atoms with E-state index >= 15 is 0 Å². The highest BCUT2D eigenvalue weighted by molar-refractivity contribution is 9.10. The van der Waals surface area contributed by atoms with Crippen molar-refractivity contribution in [3.63, 3.8) is 0 Å². The fourth-order valence-corrected chi connectivity index (χ4v) is 5.98. The summed E-state index contributed by atoms with van der Waals surface area (Å²) in [5.74, 6) is -0.138. The van der Waals surface area contributed by atoms with Gasteiger partial charge in [-0.3, -0.25) is 14.3 Å². The number of nitrogens with zero attached hydrogens (tertiary/aromatic N) is 4. The summed E-state index contributed by atoms with van der Waals surface area (Å²) in [7, 11) is 2.01. The zero-order chi connectivity index (χ0) is 21.5. The number of halogens is 1. The number of hydrogen-bond acceptors (Lipinski definition) is 3. The first-order chi connectivity index (χ1) is 15.0. The minimum atomic E-state index is -0.288. The monoisotopic (exact) mass is 484 g/mol. The van der Waals surface area contributed by atoms with E-state index in [-0.39, 0.29) is 30.2 Å². The second-order valence-electron chi connectivity index (χ2n) is 9.14. The number of carbonyl (C=O) groups is 2. The van der Waals surface area contributed by atoms with Crippen molar-refractivity contribution in [3.05, 3.63) is 45.7 Å². The molecule has 6 nitrogen and oxygen atoms in total. The van der Waals surface area contributed by atoms with Crippen LogP contribution in [0.3, 0.4) is 0 Å². The molecule has 0 radical (unpaired) electrons. The van der Waals surface area contributed by atoms with E-state index in [0.717, 1.165) is 41.5 Å². The maximum Gasteiger partial charge on any atom is 0.228 e. The summed E-state index contributed by atoms with van der Waals surface area (Å²) in [6.45, 7) is 1.03. The molecule has 2 fully saturated rings. The van der Waals surface area contributed by atoms with Crippen molar-refractivity contribution in [2.45, 2.75) is 64.0 Å². The normalized spacial score (nSPS) is 21.2. The van der Waals surface area contributed by atoms with Gasteiger partial charge in [0.1, 0.15) is 0 Å². The third-order valence-corrected chi connectivity index (χ3v) is 7.65. The molecule has 0 N–H and O–H groups in total. The van der Waals surface area contributed by atoms with Gasteiger partial charge >= 0.3 is 0 Å². The highest BCUT2D eigenvalue weighted by atomic mass is 79.9. The van der Waals surface area contributed by atoms with E-state index < -0.39 is 0 Å². The molecule has 0 bridgehead atoms. The molecule has 2 amide bonds. The Morgan fingerprint density at radius 2 is 2.03 bits per heavy atom. The quantitative estimate of drug-likeness (QED) is 0.644. The minimum absolute atomic E-state index is 0.0292. The third-order valence-electron chi connectivity index (χ3n) is 7.16. The summed E-state index contributed by atoms with van der Waals surface area (Å²) in [5, 5.41) is 4.78. The summed E-state index contributed by atoms with van der Waals surface area (Å²) in [6, 6.07) is 8.01. The van der Waals surface area contributed by atoms with Crippen LogP contribution >= 0.6 is 15.9 Å². The summed E-state index contributed by atoms with van der Waals surface area (Å²) < 4.78 is 2.94. The van der Waals surface area contributed by atoms with Gasteiger partial charge in [-0.25, -0.2) is 0 Å². The second kappa shape index (κ2) is 8.41. The van der Waals surface area contributed by atoms with Crippen LogP contribution in [0.15, 0.2) is 28.7 Å². The molecule has 1 aromatic carbocycles. The number of carbonyl (C=O) groups excluding carboxylic acids is 2. The van der Waals surface area contributed by atoms with Crippen LogP contribution in [0.25, 0.3) is 0 Å². The van der Waals surface area contributed by atoms with E-state index in [1.54, 1.807) is 4.90 Å². The lowest BCUT2D eigenvalue weighted by molar-refractivity contribution is -0.138. The van der Waals surface area contributed by atoms with Gasteiger partial charge in [-0.05, 0) is 55.9 Å². The summed E-state index contributed by atoms with van der Waals surface area (Å²) in [5.41, 5.74) is 4.58. The molecule has 31 heavy (non-hydrogen) atoms. The van der Waals surface area contributed by atoms with Crippen molar-refractivity contribution in [1.82, 2.24) is 14.7 Å². The standard InChI is InChI=1S/C24H29BrN4O2/c1-27-22-11-5-10-20(22)21(26-27)15-29(18-7-2-3-8-18)24(31)16-12-23(30)28(14-16)19-9-4-6-17(25)13-19/h4,6,9,13,16,18H,2-3,5,7-8,10-12,14-15H2,1H3. The van der Waals surface area contributed by atoms with Gasteiger partial charge in [0.25, 0.3) is 0 Å². The highest BCUT2D eigenvalue weighted by Crippen LogP contribution is 2.33. The maximum atomic E-state index is 13.7. The summed E-state index contributed by atoms with van der Waals surface area (Å²) in [4.78, 5) is 30.3. The van der Waals surface area contributed by atoms with Crippen LogP contribution in [0.1, 0.15) is 55.5 Å². The number of fused-ring (bicyclic) bond motifs is 1. The lowest BCUT2D eigenvalue weighted by Crippen LogP contribution is -2.43. The fourth-order valence-electron chi connectivity index (χ4n) is 5.59. The topological polar surface area (TPSA) is 58.4 Å². The SMILES string of the molecule is Cn1nc(CN(C(=O)C2CC(=O)N(c3cccc(Br)c3)C2)C2CCCC2)c2c1CCC2. The van der Waals surface area contributed by atoms with Gasteiger partial charge in [0, 0.05) is 41.9 Å². The average Bonchev–Trinajstić information content (AvgIpc) is 3.53. The molecule has 1 saturated carbocycles. The minimum Gasteiger partial charge on any atom is -0.333 e. The Kier molecular flexibility index (Phi) is 5.63. The number of amides is 2. The number of anilines is 1. The van der Waals surface area contributed by atoms with Crippen molar-refractivity contribution in [3.8, 4) is 0 Å². The molecule has 5 rings (SSSR count). The van der Waals surface area contributed by atoms with Crippen molar-refractivity contribution in [2.24, 2.45) is 13.0 Å². The van der Waals surface area contributed by atoms with Crippen LogP contribution < -0.4 is 4.90 Å². The molecule has 2 heterocycles. The highest BCUT2D eigenvalue weighted by Gasteiger charge is 2.40. The maximum absolute atomic E-state index is 13.7. The van der Waals surface area contributed by atoms with E-state index in [0.29, 0.717) is 13.1 Å².